The summed E-state index contributed by atoms with van der Waals surface area (Å²) in [5.74, 6) is 0. The van der Waals surface area contributed by atoms with Gasteiger partial charge in [-0.05, 0) is 25.3 Å². The van der Waals surface area contributed by atoms with Crippen LogP contribution in [0.25, 0.3) is 0 Å². The number of hydrogen-bond acceptors (Lipinski definition) is 2. The molecular formula is C13H23N3. The summed E-state index contributed by atoms with van der Waals surface area (Å²) in [6, 6.07) is 2.21. The lowest BCUT2D eigenvalue weighted by Crippen LogP contribution is -2.44. The largest absolute Gasteiger partial charge is 0.325 e. The van der Waals surface area contributed by atoms with Crippen molar-refractivity contribution in [1.82, 2.24) is 9.78 Å². The Morgan fingerprint density at radius 2 is 2.06 bits per heavy atom. The maximum Gasteiger partial charge on any atom is 0.0624 e. The van der Waals surface area contributed by atoms with Gasteiger partial charge in [-0.15, -0.1) is 0 Å². The molecule has 2 rings (SSSR count). The van der Waals surface area contributed by atoms with Crippen molar-refractivity contribution in [3.05, 3.63) is 17.5 Å². The Bertz CT molecular complexity index is 348. The van der Waals surface area contributed by atoms with Crippen LogP contribution in [0.3, 0.4) is 0 Å². The van der Waals surface area contributed by atoms with Crippen LogP contribution in [0.5, 0.6) is 0 Å². The highest BCUT2D eigenvalue weighted by Gasteiger charge is 2.28. The van der Waals surface area contributed by atoms with Gasteiger partial charge in [0.25, 0.3) is 0 Å². The summed E-state index contributed by atoms with van der Waals surface area (Å²) in [7, 11) is 2.03. The van der Waals surface area contributed by atoms with E-state index in [4.69, 9.17) is 5.73 Å². The highest BCUT2D eigenvalue weighted by Crippen LogP contribution is 2.29. The summed E-state index contributed by atoms with van der Waals surface area (Å²) in [5.41, 5.74) is 8.96. The molecule has 1 fully saturated rings. The standard InChI is InChI=1S/C13H23N3/c1-3-11-9-12(16(2)15-11)10-13(14)7-5-4-6-8-13/h9H,3-8,10,14H2,1-2H3. The topological polar surface area (TPSA) is 43.8 Å². The van der Waals surface area contributed by atoms with Gasteiger partial charge in [0, 0.05) is 24.7 Å². The highest BCUT2D eigenvalue weighted by molar-refractivity contribution is 5.13. The Kier molecular flexibility index (Phi) is 3.33. The van der Waals surface area contributed by atoms with Crippen LogP contribution in [0.4, 0.5) is 0 Å². The Morgan fingerprint density at radius 3 is 2.62 bits per heavy atom. The number of hydrogen-bond donors (Lipinski definition) is 1. The number of nitrogens with zero attached hydrogens (tertiary/aromatic N) is 2. The van der Waals surface area contributed by atoms with Crippen LogP contribution in [0, 0.1) is 0 Å². The summed E-state index contributed by atoms with van der Waals surface area (Å²) < 4.78 is 2.00. The van der Waals surface area contributed by atoms with Gasteiger partial charge in [0.05, 0.1) is 5.69 Å². The Morgan fingerprint density at radius 1 is 1.38 bits per heavy atom. The van der Waals surface area contributed by atoms with Crippen LogP contribution in [0.2, 0.25) is 0 Å². The van der Waals surface area contributed by atoms with Crippen LogP contribution in [-0.2, 0) is 19.9 Å². The first-order valence-electron chi connectivity index (χ1n) is 6.44. The van der Waals surface area contributed by atoms with Gasteiger partial charge in [0.2, 0.25) is 0 Å². The molecule has 16 heavy (non-hydrogen) atoms. The molecule has 1 aromatic heterocycles. The molecular weight excluding hydrogens is 198 g/mol. The van der Waals surface area contributed by atoms with Crippen molar-refractivity contribution in [2.75, 3.05) is 0 Å². The molecule has 0 radical (unpaired) electrons. The van der Waals surface area contributed by atoms with E-state index in [0.717, 1.165) is 12.8 Å². The Balaban J connectivity index is 2.09. The van der Waals surface area contributed by atoms with E-state index in [9.17, 15) is 0 Å². The molecule has 1 aliphatic rings. The second kappa shape index (κ2) is 4.58. The van der Waals surface area contributed by atoms with Crippen molar-refractivity contribution in [3.63, 3.8) is 0 Å². The molecule has 90 valence electrons. The number of nitrogens with two attached hydrogens (primary N) is 1. The third-order valence-electron chi connectivity index (χ3n) is 3.77. The van der Waals surface area contributed by atoms with Crippen molar-refractivity contribution in [1.29, 1.82) is 0 Å². The van der Waals surface area contributed by atoms with Crippen molar-refractivity contribution >= 4 is 0 Å². The van der Waals surface area contributed by atoms with E-state index in [1.165, 1.54) is 43.5 Å². The van der Waals surface area contributed by atoms with E-state index in [-0.39, 0.29) is 5.54 Å². The van der Waals surface area contributed by atoms with Gasteiger partial charge < -0.3 is 5.73 Å². The lowest BCUT2D eigenvalue weighted by molar-refractivity contribution is 0.289. The van der Waals surface area contributed by atoms with Crippen LogP contribution in [-0.4, -0.2) is 15.3 Å². The smallest absolute Gasteiger partial charge is 0.0624 e. The van der Waals surface area contributed by atoms with E-state index in [1.807, 2.05) is 11.7 Å². The maximum absolute atomic E-state index is 6.47. The zero-order valence-electron chi connectivity index (χ0n) is 10.5. The van der Waals surface area contributed by atoms with E-state index < -0.39 is 0 Å². The number of aromatic nitrogens is 2. The second-order valence-corrected chi connectivity index (χ2v) is 5.20. The van der Waals surface area contributed by atoms with Gasteiger partial charge in [-0.1, -0.05) is 26.2 Å². The predicted octanol–water partition coefficient (Wildman–Crippen LogP) is 2.19. The molecule has 0 bridgehead atoms. The van der Waals surface area contributed by atoms with Crippen molar-refractivity contribution in [2.24, 2.45) is 12.8 Å². The second-order valence-electron chi connectivity index (χ2n) is 5.20. The average molecular weight is 221 g/mol. The first-order valence-corrected chi connectivity index (χ1v) is 6.44. The van der Waals surface area contributed by atoms with Crippen molar-refractivity contribution in [2.45, 2.75) is 57.4 Å². The molecule has 0 atom stereocenters. The zero-order chi connectivity index (χ0) is 11.6. The third-order valence-corrected chi connectivity index (χ3v) is 3.77. The van der Waals surface area contributed by atoms with E-state index in [0.29, 0.717) is 0 Å². The third kappa shape index (κ3) is 2.46. The quantitative estimate of drug-likeness (QED) is 0.850. The number of rotatable bonds is 3. The van der Waals surface area contributed by atoms with Crippen LogP contribution in [0.1, 0.15) is 50.4 Å². The van der Waals surface area contributed by atoms with Gasteiger partial charge in [0.15, 0.2) is 0 Å². The highest BCUT2D eigenvalue weighted by atomic mass is 15.3. The summed E-state index contributed by atoms with van der Waals surface area (Å²) in [5, 5.41) is 4.49. The van der Waals surface area contributed by atoms with Gasteiger partial charge in [-0.2, -0.15) is 5.10 Å². The van der Waals surface area contributed by atoms with Crippen LogP contribution < -0.4 is 5.73 Å². The fourth-order valence-corrected chi connectivity index (χ4v) is 2.70. The number of aryl methyl sites for hydroxylation is 2. The van der Waals surface area contributed by atoms with E-state index in [2.05, 4.69) is 18.1 Å². The zero-order valence-corrected chi connectivity index (χ0v) is 10.5. The minimum Gasteiger partial charge on any atom is -0.325 e. The molecule has 2 N–H and O–H groups in total. The summed E-state index contributed by atoms with van der Waals surface area (Å²) in [6.45, 7) is 2.14. The average Bonchev–Trinajstić information content (AvgIpc) is 2.60. The van der Waals surface area contributed by atoms with Gasteiger partial charge in [-0.25, -0.2) is 0 Å². The summed E-state index contributed by atoms with van der Waals surface area (Å²) >= 11 is 0. The van der Waals surface area contributed by atoms with Gasteiger partial charge in [-0.3, -0.25) is 4.68 Å². The Hall–Kier alpha value is -0.830. The summed E-state index contributed by atoms with van der Waals surface area (Å²) in [6.07, 6.45) is 8.25. The maximum atomic E-state index is 6.47. The normalized spacial score (nSPS) is 19.9. The molecule has 0 saturated heterocycles. The fraction of sp³-hybridized carbons (Fsp3) is 0.769. The lowest BCUT2D eigenvalue weighted by atomic mass is 9.79. The SMILES string of the molecule is CCc1cc(CC2(N)CCCCC2)n(C)n1. The lowest BCUT2D eigenvalue weighted by Gasteiger charge is -2.33. The van der Waals surface area contributed by atoms with Crippen molar-refractivity contribution < 1.29 is 0 Å². The van der Waals surface area contributed by atoms with E-state index >= 15 is 0 Å². The molecule has 1 saturated carbocycles. The van der Waals surface area contributed by atoms with Gasteiger partial charge >= 0.3 is 0 Å². The van der Waals surface area contributed by atoms with Crippen molar-refractivity contribution in [3.8, 4) is 0 Å². The first-order chi connectivity index (χ1) is 7.63. The van der Waals surface area contributed by atoms with Crippen LogP contribution >= 0.6 is 0 Å². The first kappa shape index (κ1) is 11.6. The molecule has 1 aromatic rings. The molecule has 0 amide bonds. The molecule has 0 unspecified atom stereocenters. The minimum absolute atomic E-state index is 0.0249. The molecule has 3 heteroatoms. The summed E-state index contributed by atoms with van der Waals surface area (Å²) in [4.78, 5) is 0. The van der Waals surface area contributed by atoms with Crippen LogP contribution in [0.15, 0.2) is 6.07 Å². The monoisotopic (exact) mass is 221 g/mol. The molecule has 0 aromatic carbocycles. The predicted molar refractivity (Wildman–Crippen MR) is 66.3 cm³/mol. The molecule has 1 aliphatic carbocycles. The molecule has 3 nitrogen and oxygen atoms in total. The molecule has 0 aliphatic heterocycles. The molecule has 1 heterocycles. The Labute approximate surface area is 98.0 Å². The van der Waals surface area contributed by atoms with E-state index in [1.54, 1.807) is 0 Å². The van der Waals surface area contributed by atoms with Gasteiger partial charge in [0.1, 0.15) is 0 Å². The minimum atomic E-state index is 0.0249. The molecule has 0 spiro atoms. The fourth-order valence-electron chi connectivity index (χ4n) is 2.70.